The number of hydrogen-bond donors (Lipinski definition) is 0. The van der Waals surface area contributed by atoms with Crippen LogP contribution < -0.4 is 0 Å². The van der Waals surface area contributed by atoms with E-state index in [4.69, 9.17) is 4.74 Å². The van der Waals surface area contributed by atoms with Crippen molar-refractivity contribution >= 4 is 5.97 Å². The van der Waals surface area contributed by atoms with Gasteiger partial charge in [0.2, 0.25) is 0 Å². The highest BCUT2D eigenvalue weighted by Crippen LogP contribution is 2.68. The minimum absolute atomic E-state index is 0.0184. The number of ether oxygens (including phenoxy) is 1. The first kappa shape index (κ1) is 13.1. The molecule has 0 aromatic rings. The SMILES string of the molecule is CCOC(=O)/C(C#N)=C1\C[C@H]2CC[C@@]1(C)C2(C)C. The van der Waals surface area contributed by atoms with Gasteiger partial charge in [0.15, 0.2) is 0 Å². The minimum atomic E-state index is -0.445. The van der Waals surface area contributed by atoms with Crippen LogP contribution in [0.15, 0.2) is 11.1 Å². The van der Waals surface area contributed by atoms with E-state index < -0.39 is 5.97 Å². The maximum absolute atomic E-state index is 11.9. The molecule has 2 aliphatic carbocycles. The minimum Gasteiger partial charge on any atom is -0.462 e. The molecule has 2 rings (SSSR count). The van der Waals surface area contributed by atoms with Crippen molar-refractivity contribution in [1.82, 2.24) is 0 Å². The second kappa shape index (κ2) is 4.12. The van der Waals surface area contributed by atoms with Crippen molar-refractivity contribution in [3.05, 3.63) is 11.1 Å². The number of nitrogens with zero attached hydrogens (tertiary/aromatic N) is 1. The lowest BCUT2D eigenvalue weighted by molar-refractivity contribution is -0.138. The number of hydrogen-bond acceptors (Lipinski definition) is 3. The highest BCUT2D eigenvalue weighted by Gasteiger charge is 2.60. The standard InChI is InChI=1S/C15H21NO2/c1-5-18-13(17)11(9-16)12-8-10-6-7-15(12,4)14(10,2)3/h10H,5-8H2,1-4H3/b12-11+/t10-,15-/m1/s1. The fraction of sp³-hybridized carbons (Fsp3) is 0.733. The lowest BCUT2D eigenvalue weighted by Gasteiger charge is -2.35. The average molecular weight is 247 g/mol. The van der Waals surface area contributed by atoms with E-state index in [1.165, 1.54) is 6.42 Å². The van der Waals surface area contributed by atoms with Crippen LogP contribution in [0.5, 0.6) is 0 Å². The fourth-order valence-corrected chi connectivity index (χ4v) is 3.78. The van der Waals surface area contributed by atoms with E-state index in [1.807, 2.05) is 0 Å². The quantitative estimate of drug-likeness (QED) is 0.427. The zero-order valence-corrected chi connectivity index (χ0v) is 11.7. The molecule has 0 aliphatic heterocycles. The lowest BCUT2D eigenvalue weighted by atomic mass is 9.68. The Hall–Kier alpha value is -1.30. The maximum atomic E-state index is 11.9. The molecule has 3 nitrogen and oxygen atoms in total. The molecule has 0 spiro atoms. The largest absolute Gasteiger partial charge is 0.462 e. The van der Waals surface area contributed by atoms with Crippen LogP contribution >= 0.6 is 0 Å². The maximum Gasteiger partial charge on any atom is 0.348 e. The van der Waals surface area contributed by atoms with Crippen molar-refractivity contribution in [3.8, 4) is 6.07 Å². The van der Waals surface area contributed by atoms with Gasteiger partial charge < -0.3 is 4.74 Å². The number of nitriles is 1. The van der Waals surface area contributed by atoms with Gasteiger partial charge in [-0.1, -0.05) is 20.8 Å². The number of carbonyl (C=O) groups is 1. The molecule has 0 saturated heterocycles. The summed E-state index contributed by atoms with van der Waals surface area (Å²) in [6, 6.07) is 2.08. The lowest BCUT2D eigenvalue weighted by Crippen LogP contribution is -2.29. The molecule has 2 fully saturated rings. The van der Waals surface area contributed by atoms with Crippen molar-refractivity contribution in [1.29, 1.82) is 5.26 Å². The van der Waals surface area contributed by atoms with Gasteiger partial charge >= 0.3 is 5.97 Å². The van der Waals surface area contributed by atoms with E-state index in [-0.39, 0.29) is 16.4 Å². The van der Waals surface area contributed by atoms with Crippen molar-refractivity contribution in [2.75, 3.05) is 6.61 Å². The third kappa shape index (κ3) is 1.51. The zero-order chi connectivity index (χ0) is 13.6. The summed E-state index contributed by atoms with van der Waals surface area (Å²) >= 11 is 0. The third-order valence-corrected chi connectivity index (χ3v) is 5.45. The predicted molar refractivity (Wildman–Crippen MR) is 68.5 cm³/mol. The first-order valence-corrected chi connectivity index (χ1v) is 6.69. The summed E-state index contributed by atoms with van der Waals surface area (Å²) in [6.45, 7) is 8.81. The first-order valence-electron chi connectivity index (χ1n) is 6.69. The third-order valence-electron chi connectivity index (χ3n) is 5.45. The molecule has 0 N–H and O–H groups in total. The molecule has 0 radical (unpaired) electrons. The number of esters is 1. The summed E-state index contributed by atoms with van der Waals surface area (Å²) < 4.78 is 5.01. The Morgan fingerprint density at radius 2 is 2.17 bits per heavy atom. The topological polar surface area (TPSA) is 50.1 Å². The Kier molecular flexibility index (Phi) is 3.01. The molecular weight excluding hydrogens is 226 g/mol. The molecule has 98 valence electrons. The van der Waals surface area contributed by atoms with Gasteiger partial charge in [0.25, 0.3) is 0 Å². The van der Waals surface area contributed by atoms with Gasteiger partial charge in [-0.15, -0.1) is 0 Å². The van der Waals surface area contributed by atoms with Crippen LogP contribution in [0.4, 0.5) is 0 Å². The summed E-state index contributed by atoms with van der Waals surface area (Å²) in [5.41, 5.74) is 1.45. The second-order valence-electron chi connectivity index (χ2n) is 6.18. The molecule has 2 atom stereocenters. The van der Waals surface area contributed by atoms with Crippen LogP contribution in [0.3, 0.4) is 0 Å². The van der Waals surface area contributed by atoms with Crippen LogP contribution in [0.2, 0.25) is 0 Å². The molecule has 3 heteroatoms. The van der Waals surface area contributed by atoms with Crippen LogP contribution in [-0.4, -0.2) is 12.6 Å². The number of allylic oxidation sites excluding steroid dienone is 1. The van der Waals surface area contributed by atoms with E-state index in [0.717, 1.165) is 18.4 Å². The summed E-state index contributed by atoms with van der Waals surface area (Å²) in [4.78, 5) is 11.9. The normalized spacial score (nSPS) is 35.2. The van der Waals surface area contributed by atoms with E-state index in [1.54, 1.807) is 6.92 Å². The van der Waals surface area contributed by atoms with Crippen LogP contribution in [0, 0.1) is 28.1 Å². The Labute approximate surface area is 109 Å². The Morgan fingerprint density at radius 1 is 1.50 bits per heavy atom. The van der Waals surface area contributed by atoms with Gasteiger partial charge in [-0.25, -0.2) is 4.79 Å². The molecule has 0 unspecified atom stereocenters. The summed E-state index contributed by atoms with van der Waals surface area (Å²) in [5, 5.41) is 9.29. The van der Waals surface area contributed by atoms with Gasteiger partial charge in [-0.3, -0.25) is 0 Å². The van der Waals surface area contributed by atoms with Gasteiger partial charge in [0.1, 0.15) is 11.6 Å². The van der Waals surface area contributed by atoms with Gasteiger partial charge in [-0.05, 0) is 48.5 Å². The first-order chi connectivity index (χ1) is 8.38. The van der Waals surface area contributed by atoms with Gasteiger partial charge in [0.05, 0.1) is 6.61 Å². The molecule has 2 aliphatic rings. The molecular formula is C15H21NO2. The monoisotopic (exact) mass is 247 g/mol. The van der Waals surface area contributed by atoms with Gasteiger partial charge in [0, 0.05) is 0 Å². The number of rotatable bonds is 2. The van der Waals surface area contributed by atoms with Crippen molar-refractivity contribution in [3.63, 3.8) is 0 Å². The van der Waals surface area contributed by atoms with Crippen LogP contribution in [0.1, 0.15) is 47.0 Å². The van der Waals surface area contributed by atoms with Crippen molar-refractivity contribution in [2.45, 2.75) is 47.0 Å². The average Bonchev–Trinajstić information content (AvgIpc) is 2.63. The van der Waals surface area contributed by atoms with E-state index in [2.05, 4.69) is 26.8 Å². The Morgan fingerprint density at radius 3 is 2.56 bits per heavy atom. The van der Waals surface area contributed by atoms with Crippen molar-refractivity contribution < 1.29 is 9.53 Å². The van der Waals surface area contributed by atoms with Crippen LogP contribution in [0.25, 0.3) is 0 Å². The molecule has 0 aromatic heterocycles. The smallest absolute Gasteiger partial charge is 0.348 e. The fourth-order valence-electron chi connectivity index (χ4n) is 3.78. The summed E-state index contributed by atoms with van der Waals surface area (Å²) in [7, 11) is 0. The second-order valence-corrected chi connectivity index (χ2v) is 6.18. The van der Waals surface area contributed by atoms with E-state index in [0.29, 0.717) is 12.5 Å². The molecule has 2 saturated carbocycles. The molecule has 18 heavy (non-hydrogen) atoms. The van der Waals surface area contributed by atoms with E-state index in [9.17, 15) is 10.1 Å². The van der Waals surface area contributed by atoms with Crippen LogP contribution in [-0.2, 0) is 9.53 Å². The Balaban J connectivity index is 2.46. The molecule has 0 amide bonds. The summed E-state index contributed by atoms with van der Waals surface area (Å²) in [6.07, 6.45) is 3.16. The molecule has 2 bridgehead atoms. The summed E-state index contributed by atoms with van der Waals surface area (Å²) in [5.74, 6) is 0.148. The molecule has 0 heterocycles. The van der Waals surface area contributed by atoms with Crippen molar-refractivity contribution in [2.24, 2.45) is 16.7 Å². The predicted octanol–water partition coefficient (Wildman–Crippen LogP) is 3.22. The highest BCUT2D eigenvalue weighted by molar-refractivity contribution is 5.94. The zero-order valence-electron chi connectivity index (χ0n) is 11.7. The van der Waals surface area contributed by atoms with Gasteiger partial charge in [-0.2, -0.15) is 5.26 Å². The van der Waals surface area contributed by atoms with E-state index >= 15 is 0 Å². The Bertz CT molecular complexity index is 456. The highest BCUT2D eigenvalue weighted by atomic mass is 16.5. The molecule has 0 aromatic carbocycles. The number of fused-ring (bicyclic) bond motifs is 2. The number of carbonyl (C=O) groups excluding carboxylic acids is 1.